The molecule has 1 aliphatic heterocycles. The lowest BCUT2D eigenvalue weighted by Crippen LogP contribution is -2.54. The predicted molar refractivity (Wildman–Crippen MR) is 79.8 cm³/mol. The highest BCUT2D eigenvalue weighted by Crippen LogP contribution is 2.45. The maximum absolute atomic E-state index is 11.1. The normalized spacial score (nSPS) is 23.2. The molecule has 5 heteroatoms. The SMILES string of the molecule is C[Si](C)(C)C1(C[C@H](N)C(=O)O)C=Nc2ccccc21. The molecule has 4 nitrogen and oxygen atoms in total. The van der Waals surface area contributed by atoms with Crippen molar-refractivity contribution in [2.45, 2.75) is 37.1 Å². The molecule has 2 atom stereocenters. The molecule has 0 fully saturated rings. The second kappa shape index (κ2) is 4.58. The van der Waals surface area contributed by atoms with Crippen molar-refractivity contribution >= 4 is 25.9 Å². The Hall–Kier alpha value is -1.46. The molecule has 1 unspecified atom stereocenters. The Morgan fingerprint density at radius 2 is 2.05 bits per heavy atom. The summed E-state index contributed by atoms with van der Waals surface area (Å²) in [7, 11) is -1.73. The fraction of sp³-hybridized carbons (Fsp3) is 0.429. The minimum absolute atomic E-state index is 0.290. The standard InChI is InChI=1S/C14H20N2O2Si/c1-19(2,3)14(8-11(15)13(17)18)9-16-12-7-5-4-6-10(12)14/h4-7,9,11H,8,15H2,1-3H3,(H,17,18)/t11-,14?/m0/s1. The molecule has 1 aromatic carbocycles. The number of hydrogen-bond acceptors (Lipinski definition) is 3. The maximum Gasteiger partial charge on any atom is 0.320 e. The summed E-state index contributed by atoms with van der Waals surface area (Å²) in [6, 6.07) is 7.10. The van der Waals surface area contributed by atoms with Crippen LogP contribution in [0.5, 0.6) is 0 Å². The van der Waals surface area contributed by atoms with Crippen LogP contribution in [0.3, 0.4) is 0 Å². The number of nitrogens with zero attached hydrogens (tertiary/aromatic N) is 1. The highest BCUT2D eigenvalue weighted by atomic mass is 28.3. The summed E-state index contributed by atoms with van der Waals surface area (Å²) in [6.07, 6.45) is 2.35. The van der Waals surface area contributed by atoms with Crippen LogP contribution < -0.4 is 5.73 Å². The van der Waals surface area contributed by atoms with Crippen LogP contribution in [0.1, 0.15) is 12.0 Å². The van der Waals surface area contributed by atoms with E-state index in [1.807, 2.05) is 24.4 Å². The molecule has 0 saturated carbocycles. The number of aliphatic carboxylic acids is 1. The van der Waals surface area contributed by atoms with Gasteiger partial charge in [0.05, 0.1) is 13.8 Å². The third-order valence-corrected chi connectivity index (χ3v) is 7.29. The third kappa shape index (κ3) is 2.24. The van der Waals surface area contributed by atoms with Crippen molar-refractivity contribution in [3.05, 3.63) is 29.8 Å². The van der Waals surface area contributed by atoms with Gasteiger partial charge in [0.15, 0.2) is 0 Å². The van der Waals surface area contributed by atoms with Crippen LogP contribution in [-0.4, -0.2) is 31.4 Å². The van der Waals surface area contributed by atoms with E-state index >= 15 is 0 Å². The number of aliphatic imine (C=N–C) groups is 1. The van der Waals surface area contributed by atoms with Gasteiger partial charge in [-0.05, 0) is 18.1 Å². The molecule has 0 aliphatic carbocycles. The number of hydrogen-bond donors (Lipinski definition) is 2. The van der Waals surface area contributed by atoms with Crippen molar-refractivity contribution in [2.75, 3.05) is 0 Å². The molecular formula is C14H20N2O2Si. The number of carbonyl (C=O) groups is 1. The topological polar surface area (TPSA) is 75.7 Å². The zero-order valence-corrected chi connectivity index (χ0v) is 12.6. The summed E-state index contributed by atoms with van der Waals surface area (Å²) >= 11 is 0. The van der Waals surface area contributed by atoms with E-state index in [2.05, 4.69) is 30.7 Å². The van der Waals surface area contributed by atoms with Crippen molar-refractivity contribution in [1.82, 2.24) is 0 Å². The van der Waals surface area contributed by atoms with Gasteiger partial charge in [0.25, 0.3) is 0 Å². The number of para-hydroxylation sites is 1. The zero-order valence-electron chi connectivity index (χ0n) is 11.6. The quantitative estimate of drug-likeness (QED) is 0.829. The first kappa shape index (κ1) is 14.0. The molecule has 0 radical (unpaired) electrons. The lowest BCUT2D eigenvalue weighted by atomic mass is 9.92. The number of fused-ring (bicyclic) bond motifs is 1. The van der Waals surface area contributed by atoms with Gasteiger partial charge in [-0.1, -0.05) is 37.8 Å². The van der Waals surface area contributed by atoms with Gasteiger partial charge in [-0.25, -0.2) is 0 Å². The van der Waals surface area contributed by atoms with Crippen LogP contribution in [-0.2, 0) is 9.83 Å². The molecule has 0 aromatic heterocycles. The van der Waals surface area contributed by atoms with Gasteiger partial charge in [0.2, 0.25) is 0 Å². The van der Waals surface area contributed by atoms with E-state index in [1.165, 1.54) is 0 Å². The number of nitrogens with two attached hydrogens (primary N) is 1. The Balaban J connectivity index is 2.51. The van der Waals surface area contributed by atoms with E-state index in [0.717, 1.165) is 11.3 Å². The first-order valence-electron chi connectivity index (χ1n) is 6.41. The Bertz CT molecular complexity index is 536. The Labute approximate surface area is 114 Å². The number of carboxylic acid groups (broad SMARTS) is 1. The molecule has 3 N–H and O–H groups in total. The molecule has 102 valence electrons. The van der Waals surface area contributed by atoms with Crippen molar-refractivity contribution in [2.24, 2.45) is 10.7 Å². The Kier molecular flexibility index (Phi) is 3.36. The van der Waals surface area contributed by atoms with Crippen LogP contribution in [0.2, 0.25) is 19.6 Å². The van der Waals surface area contributed by atoms with Gasteiger partial charge in [-0.3, -0.25) is 9.79 Å². The monoisotopic (exact) mass is 276 g/mol. The lowest BCUT2D eigenvalue weighted by molar-refractivity contribution is -0.138. The van der Waals surface area contributed by atoms with Gasteiger partial charge in [0, 0.05) is 11.3 Å². The summed E-state index contributed by atoms with van der Waals surface area (Å²) in [5, 5.41) is 8.83. The van der Waals surface area contributed by atoms with Crippen LogP contribution in [0.4, 0.5) is 5.69 Å². The largest absolute Gasteiger partial charge is 0.480 e. The van der Waals surface area contributed by atoms with Crippen molar-refractivity contribution in [1.29, 1.82) is 0 Å². The van der Waals surface area contributed by atoms with Gasteiger partial charge in [0.1, 0.15) is 6.04 Å². The summed E-state index contributed by atoms with van der Waals surface area (Å²) in [4.78, 5) is 15.6. The van der Waals surface area contributed by atoms with E-state index in [-0.39, 0.29) is 5.04 Å². The minimum atomic E-state index is -1.73. The fourth-order valence-electron chi connectivity index (χ4n) is 2.71. The maximum atomic E-state index is 11.1. The number of rotatable bonds is 4. The zero-order chi connectivity index (χ0) is 14.3. The lowest BCUT2D eigenvalue weighted by Gasteiger charge is -2.40. The molecule has 0 spiro atoms. The highest BCUT2D eigenvalue weighted by molar-refractivity contribution is 6.82. The number of benzene rings is 1. The van der Waals surface area contributed by atoms with Crippen LogP contribution in [0.25, 0.3) is 0 Å². The molecule has 0 saturated heterocycles. The van der Waals surface area contributed by atoms with Gasteiger partial charge < -0.3 is 10.8 Å². The van der Waals surface area contributed by atoms with E-state index in [1.54, 1.807) is 0 Å². The Morgan fingerprint density at radius 3 is 2.63 bits per heavy atom. The second-order valence-corrected chi connectivity index (χ2v) is 11.5. The molecule has 19 heavy (non-hydrogen) atoms. The average molecular weight is 276 g/mol. The van der Waals surface area contributed by atoms with Crippen LogP contribution in [0, 0.1) is 0 Å². The van der Waals surface area contributed by atoms with E-state index in [9.17, 15) is 4.79 Å². The first-order chi connectivity index (χ1) is 8.78. The molecule has 0 amide bonds. The average Bonchev–Trinajstić information content (AvgIpc) is 2.69. The van der Waals surface area contributed by atoms with Gasteiger partial charge >= 0.3 is 5.97 Å². The highest BCUT2D eigenvalue weighted by Gasteiger charge is 2.48. The first-order valence-corrected chi connectivity index (χ1v) is 9.91. The molecule has 1 heterocycles. The summed E-state index contributed by atoms with van der Waals surface area (Å²) in [5.41, 5.74) is 7.87. The second-order valence-electron chi connectivity index (χ2n) is 6.15. The number of carboxylic acids is 1. The third-order valence-electron chi connectivity index (χ3n) is 4.01. The van der Waals surface area contributed by atoms with Crippen LogP contribution >= 0.6 is 0 Å². The summed E-state index contributed by atoms with van der Waals surface area (Å²) in [6.45, 7) is 6.70. The predicted octanol–water partition coefficient (Wildman–Crippen LogP) is 2.32. The van der Waals surface area contributed by atoms with E-state index < -0.39 is 20.1 Å². The fourth-order valence-corrected chi connectivity index (χ4v) is 5.02. The van der Waals surface area contributed by atoms with Crippen molar-refractivity contribution in [3.63, 3.8) is 0 Å². The van der Waals surface area contributed by atoms with Crippen molar-refractivity contribution in [3.8, 4) is 0 Å². The summed E-state index contributed by atoms with van der Waals surface area (Å²) in [5.74, 6) is -0.949. The molecular weight excluding hydrogens is 256 g/mol. The summed E-state index contributed by atoms with van der Waals surface area (Å²) < 4.78 is 0. The van der Waals surface area contributed by atoms with Gasteiger partial charge in [-0.15, -0.1) is 0 Å². The van der Waals surface area contributed by atoms with E-state index in [0.29, 0.717) is 6.42 Å². The van der Waals surface area contributed by atoms with Gasteiger partial charge in [-0.2, -0.15) is 0 Å². The Morgan fingerprint density at radius 1 is 1.42 bits per heavy atom. The molecule has 1 aliphatic rings. The molecule has 0 bridgehead atoms. The van der Waals surface area contributed by atoms with E-state index in [4.69, 9.17) is 10.8 Å². The molecule has 2 rings (SSSR count). The molecule has 1 aromatic rings. The minimum Gasteiger partial charge on any atom is -0.480 e. The van der Waals surface area contributed by atoms with Crippen LogP contribution in [0.15, 0.2) is 29.3 Å². The smallest absolute Gasteiger partial charge is 0.320 e. The van der Waals surface area contributed by atoms with Crippen molar-refractivity contribution < 1.29 is 9.90 Å².